The normalized spacial score (nSPS) is 13.0. The van der Waals surface area contributed by atoms with Gasteiger partial charge in [0, 0.05) is 23.7 Å². The molecule has 0 atom stereocenters. The predicted molar refractivity (Wildman–Crippen MR) is 118 cm³/mol. The first-order valence-electron chi connectivity index (χ1n) is 9.31. The lowest BCUT2D eigenvalue weighted by molar-refractivity contribution is 0.282. The van der Waals surface area contributed by atoms with E-state index in [1.165, 1.54) is 0 Å². The van der Waals surface area contributed by atoms with Gasteiger partial charge in [0.05, 0.1) is 17.2 Å². The lowest BCUT2D eigenvalue weighted by Gasteiger charge is -2.21. The molecule has 5 rings (SSSR count). The number of hydrogen-bond acceptors (Lipinski definition) is 5. The summed E-state index contributed by atoms with van der Waals surface area (Å²) >= 11 is 5.94. The van der Waals surface area contributed by atoms with Gasteiger partial charge in [-0.05, 0) is 53.3 Å². The predicted octanol–water partition coefficient (Wildman–Crippen LogP) is 4.37. The van der Waals surface area contributed by atoms with Crippen LogP contribution in [0.5, 0.6) is 0 Å². The Labute approximate surface area is 177 Å². The molecule has 0 amide bonds. The van der Waals surface area contributed by atoms with Gasteiger partial charge in [0.25, 0.3) is 5.78 Å². The van der Waals surface area contributed by atoms with E-state index in [1.807, 2.05) is 58.8 Å². The van der Waals surface area contributed by atoms with Crippen molar-refractivity contribution in [1.29, 1.82) is 0 Å². The number of aliphatic hydroxyl groups excluding tert-OH is 1. The summed E-state index contributed by atoms with van der Waals surface area (Å²) in [6.07, 6.45) is 5.35. The lowest BCUT2D eigenvalue weighted by atomic mass is 10.0. The second-order valence-electron chi connectivity index (χ2n) is 6.90. The first-order valence-corrected chi connectivity index (χ1v) is 9.69. The minimum Gasteiger partial charge on any atom is -0.392 e. The summed E-state index contributed by atoms with van der Waals surface area (Å²) < 4.78 is 1.82. The first kappa shape index (κ1) is 18.4. The zero-order chi connectivity index (χ0) is 20.7. The molecule has 4 aromatic rings. The molecule has 1 aliphatic rings. The smallest absolute Gasteiger partial charge is 0.257 e. The van der Waals surface area contributed by atoms with Crippen molar-refractivity contribution >= 4 is 45.4 Å². The summed E-state index contributed by atoms with van der Waals surface area (Å²) in [6.45, 7) is -0.0380. The van der Waals surface area contributed by atoms with Crippen molar-refractivity contribution in [2.24, 2.45) is 0 Å². The number of nitrogens with zero attached hydrogens (tertiary/aromatic N) is 5. The van der Waals surface area contributed by atoms with Crippen LogP contribution in [0.4, 0.5) is 11.5 Å². The van der Waals surface area contributed by atoms with Crippen molar-refractivity contribution < 1.29 is 5.11 Å². The maximum absolute atomic E-state index is 9.55. The van der Waals surface area contributed by atoms with Gasteiger partial charge < -0.3 is 10.0 Å². The molecule has 30 heavy (non-hydrogen) atoms. The average molecular weight is 414 g/mol. The molecule has 2 heterocycles. The highest BCUT2D eigenvalue weighted by Gasteiger charge is 2.15. The molecular weight excluding hydrogens is 398 g/mol. The standard InChI is InChI=1S/C23H16ClN5O/c1-28(19-4-2-3-17(12-19)16-6-8-18(24)9-7-16)22-20-10-5-15(13-30)11-21(20)29-14-25-27-23(29)26-22/h2-6,8,10-12,14,30H,13H2,1H3. The van der Waals surface area contributed by atoms with Crippen LogP contribution in [-0.4, -0.2) is 31.7 Å². The second kappa shape index (κ2) is 7.30. The average Bonchev–Trinajstić information content (AvgIpc) is 3.27. The molecule has 7 heteroatoms. The molecule has 0 aliphatic heterocycles. The van der Waals surface area contributed by atoms with Gasteiger partial charge in [-0.15, -0.1) is 10.2 Å². The van der Waals surface area contributed by atoms with Gasteiger partial charge in [0.2, 0.25) is 0 Å². The van der Waals surface area contributed by atoms with Crippen LogP contribution >= 0.6 is 11.6 Å². The van der Waals surface area contributed by atoms with Gasteiger partial charge >= 0.3 is 0 Å². The minimum absolute atomic E-state index is 0.0380. The van der Waals surface area contributed by atoms with E-state index in [0.717, 1.165) is 39.1 Å². The lowest BCUT2D eigenvalue weighted by Crippen LogP contribution is -2.13. The van der Waals surface area contributed by atoms with Crippen LogP contribution in [0.3, 0.4) is 0 Å². The van der Waals surface area contributed by atoms with E-state index >= 15 is 0 Å². The highest BCUT2D eigenvalue weighted by molar-refractivity contribution is 6.31. The van der Waals surface area contributed by atoms with Gasteiger partial charge in [0.15, 0.2) is 0 Å². The Morgan fingerprint density at radius 2 is 2.03 bits per heavy atom. The van der Waals surface area contributed by atoms with E-state index in [1.54, 1.807) is 12.4 Å². The van der Waals surface area contributed by atoms with Crippen LogP contribution in [-0.2, 0) is 6.61 Å². The van der Waals surface area contributed by atoms with Gasteiger partial charge in [0.1, 0.15) is 12.1 Å². The van der Waals surface area contributed by atoms with E-state index in [9.17, 15) is 5.11 Å². The Balaban J connectivity index is 1.66. The molecule has 1 aliphatic carbocycles. The first-order chi connectivity index (χ1) is 14.6. The SMILES string of the molecule is CN(c1cccc(C2=C=C=C(Cl)C=C2)c1)c1nc2nncn2c2cc(CO)ccc12. The van der Waals surface area contributed by atoms with E-state index in [4.69, 9.17) is 16.6 Å². The number of hydrogen-bond donors (Lipinski definition) is 1. The molecule has 0 saturated heterocycles. The molecule has 0 spiro atoms. The molecule has 0 bridgehead atoms. The number of fused-ring (bicyclic) bond motifs is 3. The van der Waals surface area contributed by atoms with Crippen molar-refractivity contribution in [3.8, 4) is 0 Å². The molecule has 0 saturated carbocycles. The fourth-order valence-corrected chi connectivity index (χ4v) is 3.60. The number of halogens is 1. The third-order valence-electron chi connectivity index (χ3n) is 5.06. The number of aliphatic hydroxyl groups is 1. The molecule has 0 radical (unpaired) electrons. The molecule has 6 nitrogen and oxygen atoms in total. The monoisotopic (exact) mass is 413 g/mol. The molecular formula is C23H16ClN5O. The summed E-state index contributed by atoms with van der Waals surface area (Å²) in [7, 11) is 1.96. The zero-order valence-electron chi connectivity index (χ0n) is 16.0. The zero-order valence-corrected chi connectivity index (χ0v) is 16.8. The van der Waals surface area contributed by atoms with Crippen molar-refractivity contribution in [3.63, 3.8) is 0 Å². The second-order valence-corrected chi connectivity index (χ2v) is 7.31. The summed E-state index contributed by atoms with van der Waals surface area (Å²) in [5.41, 5.74) is 10.6. The molecule has 2 aromatic carbocycles. The molecule has 0 unspecified atom stereocenters. The Hall–Kier alpha value is -3.66. The highest BCUT2D eigenvalue weighted by Crippen LogP contribution is 2.32. The molecule has 1 N–H and O–H groups in total. The van der Waals surface area contributed by atoms with Crippen LogP contribution < -0.4 is 4.90 Å². The quantitative estimate of drug-likeness (QED) is 0.503. The topological polar surface area (TPSA) is 66.6 Å². The largest absolute Gasteiger partial charge is 0.392 e. The van der Waals surface area contributed by atoms with Gasteiger partial charge in [-0.25, -0.2) is 0 Å². The van der Waals surface area contributed by atoms with Crippen molar-refractivity contribution in [3.05, 3.63) is 88.6 Å². The van der Waals surface area contributed by atoms with E-state index < -0.39 is 0 Å². The van der Waals surface area contributed by atoms with Gasteiger partial charge in [-0.1, -0.05) is 35.5 Å². The maximum Gasteiger partial charge on any atom is 0.257 e. The number of rotatable bonds is 4. The third-order valence-corrected chi connectivity index (χ3v) is 5.28. The van der Waals surface area contributed by atoms with Crippen molar-refractivity contribution in [1.82, 2.24) is 19.6 Å². The Kier molecular flexibility index (Phi) is 4.47. The van der Waals surface area contributed by atoms with Crippen molar-refractivity contribution in [2.45, 2.75) is 6.61 Å². The number of benzene rings is 2. The molecule has 2 aromatic heterocycles. The van der Waals surface area contributed by atoms with E-state index in [-0.39, 0.29) is 6.61 Å². The van der Waals surface area contributed by atoms with Crippen molar-refractivity contribution in [2.75, 3.05) is 11.9 Å². The fourth-order valence-electron chi connectivity index (χ4n) is 3.49. The van der Waals surface area contributed by atoms with E-state index in [0.29, 0.717) is 10.8 Å². The number of anilines is 2. The molecule has 0 fully saturated rings. The Bertz CT molecular complexity index is 1440. The van der Waals surface area contributed by atoms with Gasteiger partial charge in [-0.2, -0.15) is 4.98 Å². The number of aromatic nitrogens is 4. The van der Waals surface area contributed by atoms with E-state index in [2.05, 4.69) is 27.7 Å². The maximum atomic E-state index is 9.55. The summed E-state index contributed by atoms with van der Waals surface area (Å²) in [5, 5.41) is 19.1. The minimum atomic E-state index is -0.0380. The summed E-state index contributed by atoms with van der Waals surface area (Å²) in [4.78, 5) is 6.74. The fraction of sp³-hybridized carbons (Fsp3) is 0.0870. The molecule has 146 valence electrons. The van der Waals surface area contributed by atoms with Gasteiger partial charge in [-0.3, -0.25) is 4.40 Å². The summed E-state index contributed by atoms with van der Waals surface area (Å²) in [6, 6.07) is 13.9. The highest BCUT2D eigenvalue weighted by atomic mass is 35.5. The Morgan fingerprint density at radius 3 is 2.83 bits per heavy atom. The summed E-state index contributed by atoms with van der Waals surface area (Å²) in [5.74, 6) is 1.25. The van der Waals surface area contributed by atoms with Crippen LogP contribution in [0, 0.1) is 0 Å². The number of allylic oxidation sites excluding steroid dienone is 4. The van der Waals surface area contributed by atoms with Crippen LogP contribution in [0.15, 0.2) is 77.4 Å². The third kappa shape index (κ3) is 3.11. The van der Waals surface area contributed by atoms with Crippen LogP contribution in [0.2, 0.25) is 0 Å². The van der Waals surface area contributed by atoms with Crippen LogP contribution in [0.1, 0.15) is 11.1 Å². The Morgan fingerprint density at radius 1 is 1.13 bits per heavy atom. The van der Waals surface area contributed by atoms with Crippen LogP contribution in [0.25, 0.3) is 22.3 Å².